The third-order valence-electron chi connectivity index (χ3n) is 7.82. The number of imide groups is 1. The van der Waals surface area contributed by atoms with Crippen LogP contribution in [0.5, 0.6) is 0 Å². The van der Waals surface area contributed by atoms with Crippen molar-refractivity contribution in [3.8, 4) is 0 Å². The summed E-state index contributed by atoms with van der Waals surface area (Å²) in [7, 11) is 0. The number of piperidine rings is 1. The summed E-state index contributed by atoms with van der Waals surface area (Å²) in [6.07, 6.45) is 6.45. The molecule has 3 aliphatic heterocycles. The zero-order valence-electron chi connectivity index (χ0n) is 22.0. The van der Waals surface area contributed by atoms with E-state index in [0.29, 0.717) is 24.6 Å². The molecule has 2 aromatic carbocycles. The molecule has 0 aromatic heterocycles. The van der Waals surface area contributed by atoms with Gasteiger partial charge in [-0.05, 0) is 71.7 Å². The Morgan fingerprint density at radius 2 is 1.89 bits per heavy atom. The van der Waals surface area contributed by atoms with Crippen molar-refractivity contribution in [2.24, 2.45) is 0 Å². The van der Waals surface area contributed by atoms with Gasteiger partial charge in [0.05, 0.1) is 0 Å². The van der Waals surface area contributed by atoms with Crippen LogP contribution in [0.3, 0.4) is 0 Å². The Balaban J connectivity index is 1.35. The molecule has 38 heavy (non-hydrogen) atoms. The molecule has 0 aliphatic carbocycles. The van der Waals surface area contributed by atoms with Crippen LogP contribution < -0.4 is 20.9 Å². The number of halogens is 1. The van der Waals surface area contributed by atoms with Gasteiger partial charge in [0.1, 0.15) is 16.4 Å². The first-order valence-electron chi connectivity index (χ1n) is 13.7. The summed E-state index contributed by atoms with van der Waals surface area (Å²) in [4.78, 5) is 41.2. The van der Waals surface area contributed by atoms with Crippen molar-refractivity contribution in [1.82, 2.24) is 15.5 Å². The van der Waals surface area contributed by atoms with Crippen LogP contribution in [0.2, 0.25) is 0 Å². The summed E-state index contributed by atoms with van der Waals surface area (Å²) < 4.78 is 0.132. The van der Waals surface area contributed by atoms with Crippen LogP contribution in [0.4, 0.5) is 11.4 Å². The maximum absolute atomic E-state index is 13.1. The Morgan fingerprint density at radius 3 is 2.66 bits per heavy atom. The second kappa shape index (κ2) is 11.6. The molecule has 2 aromatic rings. The van der Waals surface area contributed by atoms with Gasteiger partial charge in [-0.25, -0.2) is 0 Å². The monoisotopic (exact) mass is 629 g/mol. The Kier molecular flexibility index (Phi) is 8.23. The fourth-order valence-electron chi connectivity index (χ4n) is 5.92. The van der Waals surface area contributed by atoms with Crippen molar-refractivity contribution in [3.05, 3.63) is 59.2 Å². The number of nitrogens with zero attached hydrogens (tertiary/aromatic N) is 2. The Bertz CT molecular complexity index is 1220. The number of amides is 3. The first kappa shape index (κ1) is 26.9. The summed E-state index contributed by atoms with van der Waals surface area (Å²) >= 11 is 2.50. The van der Waals surface area contributed by atoms with Crippen LogP contribution in [0.1, 0.15) is 86.4 Å². The van der Waals surface area contributed by atoms with Gasteiger partial charge in [-0.2, -0.15) is 0 Å². The molecular weight excluding hydrogens is 593 g/mol. The predicted molar refractivity (Wildman–Crippen MR) is 157 cm³/mol. The van der Waals surface area contributed by atoms with Crippen molar-refractivity contribution in [3.63, 3.8) is 0 Å². The Morgan fingerprint density at radius 1 is 1.08 bits per heavy atom. The number of carbonyl (C=O) groups is 3. The molecule has 5 rings (SSSR count). The Labute approximate surface area is 238 Å². The van der Waals surface area contributed by atoms with E-state index in [4.69, 9.17) is 0 Å². The van der Waals surface area contributed by atoms with E-state index in [1.807, 2.05) is 18.2 Å². The maximum Gasteiger partial charge on any atom is 0.255 e. The fraction of sp³-hybridized carbons (Fsp3) is 0.483. The molecule has 1 saturated heterocycles. The highest BCUT2D eigenvalue weighted by atomic mass is 127. The molecule has 4 unspecified atom stereocenters. The molecule has 202 valence electrons. The number of rotatable bonds is 9. The number of hydrogen-bond donors (Lipinski definition) is 3. The Hall–Kier alpha value is -2.66. The summed E-state index contributed by atoms with van der Waals surface area (Å²) in [5.41, 5.74) is 4.90. The zero-order valence-corrected chi connectivity index (χ0v) is 24.2. The summed E-state index contributed by atoms with van der Waals surface area (Å²) in [5.74, 6) is -0.818. The normalized spacial score (nSPS) is 23.7. The first-order valence-corrected chi connectivity index (χ1v) is 15.0. The number of unbranched alkanes of at least 4 members (excludes halogenated alkanes) is 1. The highest BCUT2D eigenvalue weighted by Crippen LogP contribution is 2.39. The van der Waals surface area contributed by atoms with E-state index in [-0.39, 0.29) is 34.5 Å². The smallest absolute Gasteiger partial charge is 0.255 e. The molecule has 4 atom stereocenters. The maximum atomic E-state index is 13.1. The number of alkyl halides is 1. The minimum absolute atomic E-state index is 0.0841. The summed E-state index contributed by atoms with van der Waals surface area (Å²) in [5, 5.41) is 9.80. The van der Waals surface area contributed by atoms with Gasteiger partial charge >= 0.3 is 0 Å². The lowest BCUT2D eigenvalue weighted by Gasteiger charge is -2.45. The predicted octanol–water partition coefficient (Wildman–Crippen LogP) is 5.05. The fourth-order valence-corrected chi connectivity index (χ4v) is 7.04. The lowest BCUT2D eigenvalue weighted by atomic mass is 9.99. The van der Waals surface area contributed by atoms with E-state index < -0.39 is 6.04 Å². The van der Waals surface area contributed by atoms with E-state index in [2.05, 4.69) is 81.6 Å². The van der Waals surface area contributed by atoms with Crippen LogP contribution in [0, 0.1) is 0 Å². The number of carbonyl (C=O) groups excluding carboxylic acids is 3. The number of nitrogens with one attached hydrogen (secondary N) is 3. The summed E-state index contributed by atoms with van der Waals surface area (Å²) in [6.45, 7) is 4.87. The second-order valence-electron chi connectivity index (χ2n) is 10.4. The van der Waals surface area contributed by atoms with Gasteiger partial charge in [0.2, 0.25) is 11.8 Å². The average molecular weight is 630 g/mol. The van der Waals surface area contributed by atoms with Gasteiger partial charge < -0.3 is 15.1 Å². The van der Waals surface area contributed by atoms with Crippen LogP contribution in [0.25, 0.3) is 0 Å². The molecule has 0 radical (unpaired) electrons. The van der Waals surface area contributed by atoms with Gasteiger partial charge in [0, 0.05) is 41.5 Å². The number of fused-ring (bicyclic) bond motifs is 2. The van der Waals surface area contributed by atoms with Crippen LogP contribution in [0.15, 0.2) is 42.5 Å². The standard InChI is InChI=1S/C29H36IN5O3/c1-3-5-9-20(8-4-2)35-23-11-7-6-10-22(23)26(33-29(35)30)31-19-12-13-21-18(16-19)17-34(28(21)38)24-14-15-25(36)32-27(24)37/h6-7,10-13,16,20,24,26,29,31,33H,3-5,8-9,14-15,17H2,1-2H3,(H,32,36,37). The molecule has 3 amide bonds. The van der Waals surface area contributed by atoms with Crippen molar-refractivity contribution in [1.29, 1.82) is 0 Å². The number of benzene rings is 2. The minimum atomic E-state index is -0.606. The van der Waals surface area contributed by atoms with Crippen LogP contribution in [-0.4, -0.2) is 38.9 Å². The number of hydrogen-bond acceptors (Lipinski definition) is 6. The lowest BCUT2D eigenvalue weighted by Crippen LogP contribution is -2.54. The molecule has 1 fully saturated rings. The third kappa shape index (κ3) is 5.27. The molecule has 9 heteroatoms. The molecule has 3 N–H and O–H groups in total. The highest BCUT2D eigenvalue weighted by Gasteiger charge is 2.39. The van der Waals surface area contributed by atoms with Crippen molar-refractivity contribution in [2.75, 3.05) is 10.2 Å². The van der Waals surface area contributed by atoms with E-state index in [1.165, 1.54) is 30.5 Å². The van der Waals surface area contributed by atoms with E-state index >= 15 is 0 Å². The average Bonchev–Trinajstić information content (AvgIpc) is 3.22. The van der Waals surface area contributed by atoms with Gasteiger partial charge in [-0.15, -0.1) is 0 Å². The van der Waals surface area contributed by atoms with E-state index in [9.17, 15) is 14.4 Å². The van der Waals surface area contributed by atoms with Crippen LogP contribution >= 0.6 is 22.6 Å². The van der Waals surface area contributed by atoms with Crippen molar-refractivity contribution in [2.45, 2.75) is 87.8 Å². The SMILES string of the molecule is CCCCC(CCC)N1c2ccccc2C(Nc2ccc3c(c2)CN(C2CCC(=O)NC2=O)C3=O)NC1I. The second-order valence-corrected chi connectivity index (χ2v) is 11.6. The molecule has 3 aliphatic rings. The first-order chi connectivity index (χ1) is 18.4. The van der Waals surface area contributed by atoms with Gasteiger partial charge in [0.25, 0.3) is 5.91 Å². The third-order valence-corrected chi connectivity index (χ3v) is 8.77. The molecule has 0 bridgehead atoms. The zero-order chi connectivity index (χ0) is 26.8. The highest BCUT2D eigenvalue weighted by molar-refractivity contribution is 14.1. The van der Waals surface area contributed by atoms with Crippen LogP contribution in [-0.2, 0) is 16.1 Å². The van der Waals surface area contributed by atoms with Gasteiger partial charge in [-0.1, -0.05) is 51.3 Å². The number of para-hydroxylation sites is 1. The molecular formula is C29H36IN5O3. The van der Waals surface area contributed by atoms with Gasteiger partial charge in [0.15, 0.2) is 0 Å². The van der Waals surface area contributed by atoms with Crippen molar-refractivity contribution >= 4 is 51.7 Å². The largest absolute Gasteiger partial charge is 0.366 e. The summed E-state index contributed by atoms with van der Waals surface area (Å²) in [6, 6.07) is 14.3. The molecule has 0 spiro atoms. The topological polar surface area (TPSA) is 93.8 Å². The lowest BCUT2D eigenvalue weighted by molar-refractivity contribution is -0.136. The minimum Gasteiger partial charge on any atom is -0.366 e. The number of anilines is 2. The molecule has 3 heterocycles. The molecule has 8 nitrogen and oxygen atoms in total. The molecule has 0 saturated carbocycles. The van der Waals surface area contributed by atoms with Gasteiger partial charge in [-0.3, -0.25) is 25.0 Å². The van der Waals surface area contributed by atoms with E-state index in [1.54, 1.807) is 4.90 Å². The van der Waals surface area contributed by atoms with E-state index in [0.717, 1.165) is 24.1 Å². The quantitative estimate of drug-likeness (QED) is 0.156. The van der Waals surface area contributed by atoms with Crippen molar-refractivity contribution < 1.29 is 14.4 Å².